The van der Waals surface area contributed by atoms with Crippen molar-refractivity contribution in [1.29, 1.82) is 0 Å². The van der Waals surface area contributed by atoms with Crippen LogP contribution in [0, 0.1) is 12.7 Å². The molecule has 0 radical (unpaired) electrons. The maximum atomic E-state index is 13.3. The average molecular weight is 438 g/mol. The molecule has 2 aromatic heterocycles. The highest BCUT2D eigenvalue weighted by Crippen LogP contribution is 2.31. The Hall–Kier alpha value is -3.52. The van der Waals surface area contributed by atoms with Crippen molar-refractivity contribution in [3.8, 4) is 11.4 Å². The molecule has 0 N–H and O–H groups in total. The smallest absolute Gasteiger partial charge is 0.348 e. The van der Waals surface area contributed by atoms with E-state index in [-0.39, 0.29) is 18.2 Å². The number of aryl methyl sites for hydroxylation is 1. The van der Waals surface area contributed by atoms with Gasteiger partial charge in [0.05, 0.1) is 18.5 Å². The first-order valence-electron chi connectivity index (χ1n) is 9.47. The first kappa shape index (κ1) is 20.7. The fourth-order valence-corrected chi connectivity index (χ4v) is 4.31. The number of thiophene rings is 1. The molecule has 0 aliphatic heterocycles. The normalized spacial score (nSPS) is 11.0. The zero-order valence-electron chi connectivity index (χ0n) is 17.1. The van der Waals surface area contributed by atoms with E-state index in [1.165, 1.54) is 37.5 Å². The van der Waals surface area contributed by atoms with Gasteiger partial charge in [-0.1, -0.05) is 0 Å². The SMILES string of the molecule is COc1ccc(C(C)=O)cc1COC(=O)c1cc2c(C)nn(-c3ccc(F)cc3)c2s1. The van der Waals surface area contributed by atoms with Gasteiger partial charge in [0.15, 0.2) is 5.78 Å². The first-order valence-corrected chi connectivity index (χ1v) is 10.3. The van der Waals surface area contributed by atoms with Gasteiger partial charge in [-0.3, -0.25) is 4.79 Å². The van der Waals surface area contributed by atoms with E-state index in [1.54, 1.807) is 41.1 Å². The summed E-state index contributed by atoms with van der Waals surface area (Å²) in [4.78, 5) is 25.6. The summed E-state index contributed by atoms with van der Waals surface area (Å²) in [5, 5.41) is 5.33. The van der Waals surface area contributed by atoms with Crippen LogP contribution in [0.25, 0.3) is 15.9 Å². The highest BCUT2D eigenvalue weighted by Gasteiger charge is 2.19. The lowest BCUT2D eigenvalue weighted by Crippen LogP contribution is -2.05. The third kappa shape index (κ3) is 4.06. The fourth-order valence-electron chi connectivity index (χ4n) is 3.23. The van der Waals surface area contributed by atoms with Gasteiger partial charge >= 0.3 is 5.97 Å². The van der Waals surface area contributed by atoms with E-state index in [0.29, 0.717) is 27.4 Å². The minimum atomic E-state index is -0.485. The van der Waals surface area contributed by atoms with Crippen molar-refractivity contribution in [2.75, 3.05) is 7.11 Å². The lowest BCUT2D eigenvalue weighted by atomic mass is 10.1. The number of benzene rings is 2. The van der Waals surface area contributed by atoms with Crippen molar-refractivity contribution in [3.63, 3.8) is 0 Å². The van der Waals surface area contributed by atoms with Crippen molar-refractivity contribution in [2.45, 2.75) is 20.5 Å². The van der Waals surface area contributed by atoms with E-state index in [1.807, 2.05) is 6.92 Å². The largest absolute Gasteiger partial charge is 0.496 e. The molecule has 0 saturated heterocycles. The molecule has 0 atom stereocenters. The number of methoxy groups -OCH3 is 1. The van der Waals surface area contributed by atoms with Gasteiger partial charge in [-0.2, -0.15) is 5.10 Å². The number of nitrogens with zero attached hydrogens (tertiary/aromatic N) is 2. The highest BCUT2D eigenvalue weighted by atomic mass is 32.1. The van der Waals surface area contributed by atoms with Crippen molar-refractivity contribution < 1.29 is 23.5 Å². The quantitative estimate of drug-likeness (QED) is 0.309. The molecular formula is C23H19FN2O4S. The molecular weight excluding hydrogens is 419 g/mol. The van der Waals surface area contributed by atoms with Crippen LogP contribution in [0.2, 0.25) is 0 Å². The molecule has 0 bridgehead atoms. The Kier molecular flexibility index (Phi) is 5.56. The number of aromatic nitrogens is 2. The molecule has 0 spiro atoms. The molecule has 0 amide bonds. The molecule has 0 saturated carbocycles. The van der Waals surface area contributed by atoms with E-state index in [4.69, 9.17) is 9.47 Å². The van der Waals surface area contributed by atoms with Crippen molar-refractivity contribution in [2.24, 2.45) is 0 Å². The third-order valence-electron chi connectivity index (χ3n) is 4.86. The molecule has 0 aliphatic rings. The molecule has 0 unspecified atom stereocenters. The van der Waals surface area contributed by atoms with E-state index >= 15 is 0 Å². The second-order valence-corrected chi connectivity index (χ2v) is 7.99. The Balaban J connectivity index is 1.59. The number of carbonyl (C=O) groups excluding carboxylic acids is 2. The summed E-state index contributed by atoms with van der Waals surface area (Å²) in [6.45, 7) is 3.30. The monoisotopic (exact) mass is 438 g/mol. The van der Waals surface area contributed by atoms with Gasteiger partial charge in [-0.25, -0.2) is 13.9 Å². The minimum absolute atomic E-state index is 0.0273. The van der Waals surface area contributed by atoms with Crippen LogP contribution >= 0.6 is 11.3 Å². The van der Waals surface area contributed by atoms with Crippen LogP contribution in [0.4, 0.5) is 4.39 Å². The number of rotatable bonds is 6. The number of carbonyl (C=O) groups is 2. The number of hydrogen-bond donors (Lipinski definition) is 0. The summed E-state index contributed by atoms with van der Waals surface area (Å²) in [6.07, 6.45) is 0. The van der Waals surface area contributed by atoms with Gasteiger partial charge in [-0.05, 0) is 62.4 Å². The van der Waals surface area contributed by atoms with Crippen molar-refractivity contribution in [3.05, 3.63) is 76.0 Å². The maximum absolute atomic E-state index is 13.3. The Morgan fingerprint density at radius 1 is 1.13 bits per heavy atom. The zero-order valence-corrected chi connectivity index (χ0v) is 18.0. The zero-order chi connectivity index (χ0) is 22.1. The van der Waals surface area contributed by atoms with E-state index in [0.717, 1.165) is 15.9 Å². The molecule has 2 aromatic carbocycles. The van der Waals surface area contributed by atoms with Gasteiger partial charge in [0, 0.05) is 16.5 Å². The van der Waals surface area contributed by atoms with Gasteiger partial charge in [0.1, 0.15) is 27.9 Å². The summed E-state index contributed by atoms with van der Waals surface area (Å²) < 4.78 is 25.7. The topological polar surface area (TPSA) is 70.4 Å². The number of halogens is 1. The van der Waals surface area contributed by atoms with Crippen LogP contribution in [0.1, 0.15) is 38.2 Å². The Labute approximate surface area is 181 Å². The number of fused-ring (bicyclic) bond motifs is 1. The van der Waals surface area contributed by atoms with Crippen LogP contribution < -0.4 is 4.74 Å². The van der Waals surface area contributed by atoms with E-state index in [2.05, 4.69) is 5.10 Å². The Morgan fingerprint density at radius 3 is 2.55 bits per heavy atom. The lowest BCUT2D eigenvalue weighted by Gasteiger charge is -2.10. The summed E-state index contributed by atoms with van der Waals surface area (Å²) in [5.74, 6) is -0.359. The molecule has 158 valence electrons. The molecule has 31 heavy (non-hydrogen) atoms. The fraction of sp³-hybridized carbons (Fsp3) is 0.174. The van der Waals surface area contributed by atoms with Crippen LogP contribution in [-0.4, -0.2) is 28.6 Å². The summed E-state index contributed by atoms with van der Waals surface area (Å²) in [5.41, 5.74) is 2.58. The predicted octanol–water partition coefficient (Wildman–Crippen LogP) is 5.10. The van der Waals surface area contributed by atoms with Gasteiger partial charge in [0.25, 0.3) is 0 Å². The maximum Gasteiger partial charge on any atom is 0.348 e. The number of esters is 1. The molecule has 0 aliphatic carbocycles. The molecule has 0 fully saturated rings. The second-order valence-electron chi connectivity index (χ2n) is 6.96. The van der Waals surface area contributed by atoms with Crippen LogP contribution in [-0.2, 0) is 11.3 Å². The van der Waals surface area contributed by atoms with E-state index in [9.17, 15) is 14.0 Å². The molecule has 8 heteroatoms. The molecule has 6 nitrogen and oxygen atoms in total. The number of ether oxygens (including phenoxy) is 2. The average Bonchev–Trinajstić information content (AvgIpc) is 3.33. The summed E-state index contributed by atoms with van der Waals surface area (Å²) >= 11 is 1.25. The van der Waals surface area contributed by atoms with Gasteiger partial charge in [0.2, 0.25) is 0 Å². The van der Waals surface area contributed by atoms with Crippen LogP contribution in [0.3, 0.4) is 0 Å². The Morgan fingerprint density at radius 2 is 1.87 bits per heavy atom. The van der Waals surface area contributed by atoms with E-state index < -0.39 is 5.97 Å². The van der Waals surface area contributed by atoms with Gasteiger partial charge in [-0.15, -0.1) is 11.3 Å². The third-order valence-corrected chi connectivity index (χ3v) is 5.95. The van der Waals surface area contributed by atoms with Crippen LogP contribution in [0.5, 0.6) is 5.75 Å². The predicted molar refractivity (Wildman–Crippen MR) is 116 cm³/mol. The molecule has 4 aromatic rings. The lowest BCUT2D eigenvalue weighted by molar-refractivity contribution is 0.0476. The number of Topliss-reactive ketones (excluding diaryl/α,β-unsaturated/α-hetero) is 1. The highest BCUT2D eigenvalue weighted by molar-refractivity contribution is 7.20. The minimum Gasteiger partial charge on any atom is -0.496 e. The first-order chi connectivity index (χ1) is 14.9. The standard InChI is InChI=1S/C23H19FN2O4S/c1-13-19-11-21(31-22(19)26(25-13)18-7-5-17(24)6-8-18)23(28)30-12-16-10-15(14(2)27)4-9-20(16)29-3/h4-11H,12H2,1-3H3. The van der Waals surface area contributed by atoms with Crippen molar-refractivity contribution >= 4 is 33.3 Å². The number of hydrogen-bond acceptors (Lipinski definition) is 6. The Bertz CT molecular complexity index is 1290. The summed E-state index contributed by atoms with van der Waals surface area (Å²) in [7, 11) is 1.52. The summed E-state index contributed by atoms with van der Waals surface area (Å²) in [6, 6.07) is 12.7. The van der Waals surface area contributed by atoms with Crippen molar-refractivity contribution in [1.82, 2.24) is 9.78 Å². The number of ketones is 1. The second kappa shape index (κ2) is 8.31. The molecule has 4 rings (SSSR count). The molecule has 2 heterocycles. The van der Waals surface area contributed by atoms with Gasteiger partial charge < -0.3 is 9.47 Å². The van der Waals surface area contributed by atoms with Crippen LogP contribution in [0.15, 0.2) is 48.5 Å².